The number of aryl methyl sites for hydroxylation is 1. The molecule has 1 atom stereocenters. The van der Waals surface area contributed by atoms with E-state index in [0.717, 1.165) is 57.4 Å². The smallest absolute Gasteiger partial charge is 0.303 e. The van der Waals surface area contributed by atoms with Crippen molar-refractivity contribution in [3.05, 3.63) is 96.9 Å². The molecule has 0 amide bonds. The van der Waals surface area contributed by atoms with Crippen LogP contribution in [0.15, 0.2) is 65.1 Å². The number of thiophene rings is 1. The largest absolute Gasteiger partial charge is 0.481 e. The normalized spacial score (nSPS) is 15.2. The van der Waals surface area contributed by atoms with Crippen molar-refractivity contribution in [2.75, 3.05) is 5.75 Å². The summed E-state index contributed by atoms with van der Waals surface area (Å²) in [4.78, 5) is 16.1. The van der Waals surface area contributed by atoms with Crippen LogP contribution in [-0.4, -0.2) is 21.8 Å². The number of aliphatic carboxylic acids is 1. The molecule has 0 aliphatic heterocycles. The summed E-state index contributed by atoms with van der Waals surface area (Å²) in [7, 11) is 0. The third-order valence-electron chi connectivity index (χ3n) is 6.87. The van der Waals surface area contributed by atoms with Crippen LogP contribution in [0.5, 0.6) is 0 Å². The number of thioether (sulfide) groups is 1. The predicted molar refractivity (Wildman–Crippen MR) is 167 cm³/mol. The number of fused-ring (bicyclic) bond motifs is 1. The number of aromatic nitrogens is 1. The van der Waals surface area contributed by atoms with E-state index in [2.05, 4.69) is 75.5 Å². The number of halogens is 3. The fourth-order valence-corrected chi connectivity index (χ4v) is 7.76. The van der Waals surface area contributed by atoms with E-state index in [1.54, 1.807) is 0 Å². The molecule has 0 radical (unpaired) electrons. The van der Waals surface area contributed by atoms with Crippen LogP contribution in [0.1, 0.15) is 53.3 Å². The monoisotopic (exact) mass is 645 g/mol. The lowest BCUT2D eigenvalue weighted by Gasteiger charge is -2.21. The Morgan fingerprint density at radius 3 is 2.66 bits per heavy atom. The molecule has 5 rings (SSSR count). The van der Waals surface area contributed by atoms with Crippen molar-refractivity contribution < 1.29 is 9.90 Å². The van der Waals surface area contributed by atoms with E-state index in [1.807, 2.05) is 30.0 Å². The van der Waals surface area contributed by atoms with Gasteiger partial charge in [0.05, 0.1) is 21.8 Å². The summed E-state index contributed by atoms with van der Waals surface area (Å²) >= 11 is 19.3. The van der Waals surface area contributed by atoms with Crippen LogP contribution in [0, 0.1) is 5.41 Å². The fraction of sp³-hybridized carbons (Fsp3) is 0.267. The quantitative estimate of drug-likeness (QED) is 0.176. The average molecular weight is 647 g/mol. The minimum Gasteiger partial charge on any atom is -0.481 e. The van der Waals surface area contributed by atoms with Crippen LogP contribution >= 0.6 is 62.2 Å². The van der Waals surface area contributed by atoms with Crippen LogP contribution in [0.4, 0.5) is 0 Å². The Kier molecular flexibility index (Phi) is 8.85. The van der Waals surface area contributed by atoms with Gasteiger partial charge in [0.25, 0.3) is 0 Å². The van der Waals surface area contributed by atoms with Gasteiger partial charge in [0.1, 0.15) is 9.85 Å². The number of hydrogen-bond acceptors (Lipinski definition) is 4. The second kappa shape index (κ2) is 12.1. The van der Waals surface area contributed by atoms with Gasteiger partial charge < -0.3 is 5.11 Å². The van der Waals surface area contributed by atoms with Gasteiger partial charge in [0, 0.05) is 15.5 Å². The molecule has 2 heterocycles. The lowest BCUT2D eigenvalue weighted by molar-refractivity contribution is -0.138. The molecular weight excluding hydrogens is 621 g/mol. The third kappa shape index (κ3) is 7.02. The van der Waals surface area contributed by atoms with Crippen molar-refractivity contribution in [3.8, 4) is 0 Å². The molecule has 38 heavy (non-hydrogen) atoms. The first kappa shape index (κ1) is 27.7. The Balaban J connectivity index is 1.34. The van der Waals surface area contributed by atoms with E-state index >= 15 is 0 Å². The highest BCUT2D eigenvalue weighted by molar-refractivity contribution is 9.10. The van der Waals surface area contributed by atoms with Crippen molar-refractivity contribution in [1.82, 2.24) is 4.98 Å². The predicted octanol–water partition coefficient (Wildman–Crippen LogP) is 10.2. The van der Waals surface area contributed by atoms with Gasteiger partial charge in [-0.2, -0.15) is 11.8 Å². The highest BCUT2D eigenvalue weighted by Crippen LogP contribution is 2.53. The molecule has 1 fully saturated rings. The molecule has 1 N–H and O–H groups in total. The van der Waals surface area contributed by atoms with Crippen molar-refractivity contribution in [3.63, 3.8) is 0 Å². The minimum atomic E-state index is -0.695. The van der Waals surface area contributed by atoms with Crippen LogP contribution in [0.3, 0.4) is 0 Å². The molecule has 1 aliphatic carbocycles. The van der Waals surface area contributed by atoms with Crippen molar-refractivity contribution in [1.29, 1.82) is 0 Å². The van der Waals surface area contributed by atoms with Crippen molar-refractivity contribution in [2.24, 2.45) is 5.41 Å². The Hall–Kier alpha value is -1.83. The molecule has 4 aromatic rings. The molecule has 196 valence electrons. The zero-order chi connectivity index (χ0) is 26.7. The number of carboxylic acids is 1. The summed E-state index contributed by atoms with van der Waals surface area (Å²) in [6.45, 7) is 0. The van der Waals surface area contributed by atoms with Gasteiger partial charge in [-0.15, -0.1) is 11.3 Å². The molecule has 3 nitrogen and oxygen atoms in total. The molecule has 8 heteroatoms. The van der Waals surface area contributed by atoms with Crippen LogP contribution in [0.25, 0.3) is 22.4 Å². The number of pyridine rings is 1. The van der Waals surface area contributed by atoms with E-state index in [0.29, 0.717) is 9.36 Å². The number of benzene rings is 2. The number of carbonyl (C=O) groups is 1. The van der Waals surface area contributed by atoms with Gasteiger partial charge in [-0.3, -0.25) is 4.79 Å². The summed E-state index contributed by atoms with van der Waals surface area (Å²) in [5.74, 6) is 0.178. The Bertz CT molecular complexity index is 1480. The molecule has 1 aliphatic rings. The maximum absolute atomic E-state index is 11.4. The zero-order valence-electron chi connectivity index (χ0n) is 20.5. The summed E-state index contributed by atoms with van der Waals surface area (Å²) in [5.41, 5.74) is 5.17. The van der Waals surface area contributed by atoms with Gasteiger partial charge >= 0.3 is 5.97 Å². The molecule has 0 bridgehead atoms. The Labute approximate surface area is 249 Å². The third-order valence-corrected chi connectivity index (χ3v) is 11.0. The van der Waals surface area contributed by atoms with E-state index in [4.69, 9.17) is 23.2 Å². The molecule has 0 unspecified atom stereocenters. The highest BCUT2D eigenvalue weighted by atomic mass is 79.9. The topological polar surface area (TPSA) is 50.2 Å². The zero-order valence-corrected chi connectivity index (χ0v) is 25.2. The summed E-state index contributed by atoms with van der Waals surface area (Å²) < 4.78 is 2.61. The maximum atomic E-state index is 11.4. The standard InChI is InChI=1S/C30H26BrCl2NO2S2/c31-22-8-4-19(5-9-22)7-12-24(37-18-30(14-15-30)17-26(35)36)21-3-1-2-20(16-21)6-10-23-11-13-25-28(34-23)27(32)29(33)38-25/h1-6,8-11,13,16,24H,7,12,14-15,17-18H2,(H,35,36)/b10-6+/t24-/m1/s1. The first-order chi connectivity index (χ1) is 18.3. The van der Waals surface area contributed by atoms with Gasteiger partial charge in [-0.1, -0.05) is 81.6 Å². The second-order valence-corrected chi connectivity index (χ2v) is 14.0. The molecule has 2 aromatic heterocycles. The fourth-order valence-electron chi connectivity index (χ4n) is 4.52. The number of hydrogen-bond donors (Lipinski definition) is 1. The Morgan fingerprint density at radius 2 is 1.92 bits per heavy atom. The SMILES string of the molecule is O=C(O)CC1(CS[C@H](CCc2ccc(Br)cc2)c2cccc(/C=C/c3ccc4sc(Cl)c(Cl)c4n3)c2)CC1. The van der Waals surface area contributed by atoms with Gasteiger partial charge in [-0.25, -0.2) is 4.98 Å². The molecule has 1 saturated carbocycles. The highest BCUT2D eigenvalue weighted by Gasteiger charge is 2.44. The second-order valence-electron chi connectivity index (χ2n) is 9.81. The maximum Gasteiger partial charge on any atom is 0.303 e. The summed E-state index contributed by atoms with van der Waals surface area (Å²) in [6, 6.07) is 21.1. The number of rotatable bonds is 11. The minimum absolute atomic E-state index is 0.0417. The van der Waals surface area contributed by atoms with Crippen LogP contribution in [-0.2, 0) is 11.2 Å². The summed E-state index contributed by atoms with van der Waals surface area (Å²) in [6.07, 6.45) is 8.29. The van der Waals surface area contributed by atoms with Crippen LogP contribution in [0.2, 0.25) is 9.36 Å². The molecule has 2 aromatic carbocycles. The van der Waals surface area contributed by atoms with Gasteiger partial charge in [-0.05, 0) is 78.1 Å². The van der Waals surface area contributed by atoms with Crippen molar-refractivity contribution >= 4 is 90.6 Å². The lowest BCUT2D eigenvalue weighted by Crippen LogP contribution is -2.12. The first-order valence-electron chi connectivity index (χ1n) is 12.4. The summed E-state index contributed by atoms with van der Waals surface area (Å²) in [5, 5.41) is 10.2. The van der Waals surface area contributed by atoms with Gasteiger partial charge in [0.15, 0.2) is 0 Å². The van der Waals surface area contributed by atoms with E-state index in [-0.39, 0.29) is 17.1 Å². The Morgan fingerprint density at radius 1 is 1.13 bits per heavy atom. The van der Waals surface area contributed by atoms with Gasteiger partial charge in [0.2, 0.25) is 0 Å². The van der Waals surface area contributed by atoms with Crippen LogP contribution < -0.4 is 0 Å². The van der Waals surface area contributed by atoms with E-state index in [9.17, 15) is 9.90 Å². The average Bonchev–Trinajstić information content (AvgIpc) is 3.60. The van der Waals surface area contributed by atoms with E-state index < -0.39 is 5.97 Å². The number of carboxylic acid groups (broad SMARTS) is 1. The number of nitrogens with zero attached hydrogens (tertiary/aromatic N) is 1. The van der Waals surface area contributed by atoms with E-state index in [1.165, 1.54) is 22.5 Å². The molecule has 0 saturated heterocycles. The molecule has 0 spiro atoms. The first-order valence-corrected chi connectivity index (χ1v) is 15.8. The van der Waals surface area contributed by atoms with Crippen molar-refractivity contribution in [2.45, 2.75) is 37.4 Å². The molecular formula is C30H26BrCl2NO2S2. The lowest BCUT2D eigenvalue weighted by atomic mass is 10.0.